The fourth-order valence-corrected chi connectivity index (χ4v) is 2.90. The highest BCUT2D eigenvalue weighted by atomic mass is 32.1. The molecule has 0 unspecified atom stereocenters. The van der Waals surface area contributed by atoms with E-state index >= 15 is 0 Å². The van der Waals surface area contributed by atoms with Gasteiger partial charge in [-0.1, -0.05) is 24.7 Å². The molecule has 6 nitrogen and oxygen atoms in total. The van der Waals surface area contributed by atoms with Gasteiger partial charge in [0.05, 0.1) is 18.9 Å². The molecule has 1 aromatic carbocycles. The number of aryl methyl sites for hydroxylation is 1. The van der Waals surface area contributed by atoms with Crippen LogP contribution >= 0.6 is 11.3 Å². The fourth-order valence-electron chi connectivity index (χ4n) is 2.04. The summed E-state index contributed by atoms with van der Waals surface area (Å²) in [6, 6.07) is 6.93. The zero-order valence-corrected chi connectivity index (χ0v) is 15.4. The monoisotopic (exact) mass is 362 g/mol. The molecule has 7 heteroatoms. The van der Waals surface area contributed by atoms with E-state index in [0.717, 1.165) is 29.9 Å². The first-order valence-electron chi connectivity index (χ1n) is 8.23. The molecule has 1 N–H and O–H groups in total. The molecular formula is C18H22N2O4S. The summed E-state index contributed by atoms with van der Waals surface area (Å²) in [6.07, 6.45) is 2.07. The number of esters is 1. The van der Waals surface area contributed by atoms with Gasteiger partial charge in [-0.05, 0) is 44.5 Å². The van der Waals surface area contributed by atoms with Gasteiger partial charge in [-0.25, -0.2) is 9.78 Å². The van der Waals surface area contributed by atoms with Crippen LogP contribution in [0.3, 0.4) is 0 Å². The first-order chi connectivity index (χ1) is 12.0. The quantitative estimate of drug-likeness (QED) is 0.566. The summed E-state index contributed by atoms with van der Waals surface area (Å²) < 4.78 is 10.5. The SMILES string of the molecule is CCCCOc1ccc(C(=O)Nc2nc(C)c(C(=O)OCC)s2)cc1. The molecule has 0 fully saturated rings. The van der Waals surface area contributed by atoms with Crippen molar-refractivity contribution in [3.63, 3.8) is 0 Å². The third-order valence-corrected chi connectivity index (χ3v) is 4.41. The summed E-state index contributed by atoms with van der Waals surface area (Å²) in [6.45, 7) is 6.51. The Labute approximate surface area is 151 Å². The Morgan fingerprint density at radius 2 is 1.92 bits per heavy atom. The van der Waals surface area contributed by atoms with E-state index in [2.05, 4.69) is 17.2 Å². The van der Waals surface area contributed by atoms with Crippen LogP contribution in [0, 0.1) is 6.92 Å². The third kappa shape index (κ3) is 5.29. The second-order valence-electron chi connectivity index (χ2n) is 5.33. The van der Waals surface area contributed by atoms with Crippen LogP contribution in [0.1, 0.15) is 52.4 Å². The normalized spacial score (nSPS) is 10.4. The lowest BCUT2D eigenvalue weighted by atomic mass is 10.2. The highest BCUT2D eigenvalue weighted by Gasteiger charge is 2.18. The molecule has 1 heterocycles. The van der Waals surface area contributed by atoms with E-state index in [1.54, 1.807) is 38.1 Å². The molecule has 2 aromatic rings. The molecular weight excluding hydrogens is 340 g/mol. The lowest BCUT2D eigenvalue weighted by molar-refractivity contribution is 0.0531. The van der Waals surface area contributed by atoms with Crippen LogP contribution < -0.4 is 10.1 Å². The van der Waals surface area contributed by atoms with E-state index < -0.39 is 5.97 Å². The molecule has 0 spiro atoms. The number of thiazole rings is 1. The maximum absolute atomic E-state index is 12.3. The van der Waals surface area contributed by atoms with Gasteiger partial charge >= 0.3 is 5.97 Å². The average Bonchev–Trinajstić information content (AvgIpc) is 2.96. The zero-order valence-electron chi connectivity index (χ0n) is 14.6. The van der Waals surface area contributed by atoms with Crippen molar-refractivity contribution in [2.75, 3.05) is 18.5 Å². The van der Waals surface area contributed by atoms with Crippen molar-refractivity contribution in [1.29, 1.82) is 0 Å². The summed E-state index contributed by atoms with van der Waals surface area (Å²) in [7, 11) is 0. The number of nitrogens with one attached hydrogen (secondary N) is 1. The topological polar surface area (TPSA) is 77.5 Å². The number of benzene rings is 1. The van der Waals surface area contributed by atoms with E-state index in [1.807, 2.05) is 0 Å². The van der Waals surface area contributed by atoms with Gasteiger partial charge in [0.1, 0.15) is 10.6 Å². The zero-order chi connectivity index (χ0) is 18.2. The van der Waals surface area contributed by atoms with Gasteiger partial charge in [0.25, 0.3) is 5.91 Å². The number of hydrogen-bond acceptors (Lipinski definition) is 6. The van der Waals surface area contributed by atoms with Gasteiger partial charge in [0.15, 0.2) is 5.13 Å². The van der Waals surface area contributed by atoms with Crippen molar-refractivity contribution in [2.45, 2.75) is 33.6 Å². The van der Waals surface area contributed by atoms with E-state index in [4.69, 9.17) is 9.47 Å². The minimum atomic E-state index is -0.424. The van der Waals surface area contributed by atoms with Crippen LogP contribution in [0.5, 0.6) is 5.75 Å². The Bertz CT molecular complexity index is 725. The molecule has 0 aliphatic rings. The Morgan fingerprint density at radius 1 is 1.20 bits per heavy atom. The van der Waals surface area contributed by atoms with Crippen LogP contribution in [0.15, 0.2) is 24.3 Å². The van der Waals surface area contributed by atoms with Crippen LogP contribution in [0.4, 0.5) is 5.13 Å². The summed E-state index contributed by atoms with van der Waals surface area (Å²) in [4.78, 5) is 28.7. The highest BCUT2D eigenvalue weighted by Crippen LogP contribution is 2.24. The van der Waals surface area contributed by atoms with Gasteiger partial charge in [0, 0.05) is 5.56 Å². The van der Waals surface area contributed by atoms with E-state index in [0.29, 0.717) is 34.5 Å². The van der Waals surface area contributed by atoms with Crippen molar-refractivity contribution in [3.05, 3.63) is 40.4 Å². The number of anilines is 1. The minimum absolute atomic E-state index is 0.288. The van der Waals surface area contributed by atoms with E-state index in [1.165, 1.54) is 0 Å². The van der Waals surface area contributed by atoms with Crippen LogP contribution in [-0.2, 0) is 4.74 Å². The third-order valence-electron chi connectivity index (χ3n) is 3.36. The van der Waals surface area contributed by atoms with Crippen LogP contribution in [-0.4, -0.2) is 30.1 Å². The summed E-state index contributed by atoms with van der Waals surface area (Å²) >= 11 is 1.11. The van der Waals surface area contributed by atoms with Crippen molar-refractivity contribution in [3.8, 4) is 5.75 Å². The Hall–Kier alpha value is -2.41. The van der Waals surface area contributed by atoms with Crippen molar-refractivity contribution < 1.29 is 19.1 Å². The molecule has 25 heavy (non-hydrogen) atoms. The number of carbonyl (C=O) groups is 2. The fraction of sp³-hybridized carbons (Fsp3) is 0.389. The largest absolute Gasteiger partial charge is 0.494 e. The molecule has 0 aliphatic heterocycles. The van der Waals surface area contributed by atoms with Crippen molar-refractivity contribution in [2.24, 2.45) is 0 Å². The van der Waals surface area contributed by atoms with Gasteiger partial charge in [0.2, 0.25) is 0 Å². The molecule has 1 amide bonds. The number of ether oxygens (including phenoxy) is 2. The molecule has 0 aliphatic carbocycles. The maximum Gasteiger partial charge on any atom is 0.350 e. The molecule has 0 radical (unpaired) electrons. The second-order valence-corrected chi connectivity index (χ2v) is 6.33. The van der Waals surface area contributed by atoms with Crippen LogP contribution in [0.2, 0.25) is 0 Å². The van der Waals surface area contributed by atoms with Gasteiger partial charge in [-0.2, -0.15) is 0 Å². The molecule has 2 rings (SSSR count). The first-order valence-corrected chi connectivity index (χ1v) is 9.05. The van der Waals surface area contributed by atoms with Gasteiger partial charge < -0.3 is 9.47 Å². The predicted octanol–water partition coefficient (Wildman–Crippen LogP) is 4.06. The van der Waals surface area contributed by atoms with Gasteiger partial charge in [-0.15, -0.1) is 0 Å². The number of nitrogens with zero attached hydrogens (tertiary/aromatic N) is 1. The minimum Gasteiger partial charge on any atom is -0.494 e. The molecule has 0 bridgehead atoms. The number of aromatic nitrogens is 1. The summed E-state index contributed by atoms with van der Waals surface area (Å²) in [5.74, 6) is 0.0236. The number of amides is 1. The summed E-state index contributed by atoms with van der Waals surface area (Å²) in [5, 5.41) is 3.08. The van der Waals surface area contributed by atoms with Crippen molar-refractivity contribution in [1.82, 2.24) is 4.98 Å². The smallest absolute Gasteiger partial charge is 0.350 e. The Morgan fingerprint density at radius 3 is 2.56 bits per heavy atom. The first kappa shape index (κ1) is 18.9. The molecule has 0 saturated heterocycles. The number of carbonyl (C=O) groups excluding carboxylic acids is 2. The Kier molecular flexibility index (Phi) is 6.94. The number of hydrogen-bond donors (Lipinski definition) is 1. The highest BCUT2D eigenvalue weighted by molar-refractivity contribution is 7.17. The molecule has 0 atom stereocenters. The second kappa shape index (κ2) is 9.17. The summed E-state index contributed by atoms with van der Waals surface area (Å²) in [5.41, 5.74) is 1.03. The molecule has 1 aromatic heterocycles. The lowest BCUT2D eigenvalue weighted by Gasteiger charge is -2.06. The predicted molar refractivity (Wildman–Crippen MR) is 97.6 cm³/mol. The molecule has 134 valence electrons. The standard InChI is InChI=1S/C18H22N2O4S/c1-4-6-11-24-14-9-7-13(8-10-14)16(21)20-18-19-12(3)15(25-18)17(22)23-5-2/h7-10H,4-6,11H2,1-3H3,(H,19,20,21). The Balaban J connectivity index is 2.00. The molecule has 0 saturated carbocycles. The van der Waals surface area contributed by atoms with Crippen LogP contribution in [0.25, 0.3) is 0 Å². The maximum atomic E-state index is 12.3. The average molecular weight is 362 g/mol. The van der Waals surface area contributed by atoms with E-state index in [9.17, 15) is 9.59 Å². The van der Waals surface area contributed by atoms with Crippen molar-refractivity contribution >= 4 is 28.3 Å². The van der Waals surface area contributed by atoms with Gasteiger partial charge in [-0.3, -0.25) is 10.1 Å². The van der Waals surface area contributed by atoms with E-state index in [-0.39, 0.29) is 5.91 Å². The number of unbranched alkanes of at least 4 members (excludes halogenated alkanes) is 1. The lowest BCUT2D eigenvalue weighted by Crippen LogP contribution is -2.11. The number of rotatable bonds is 8.